The molecule has 39 heavy (non-hydrogen) atoms. The number of rotatable bonds is 4. The van der Waals surface area contributed by atoms with Crippen molar-refractivity contribution in [2.24, 2.45) is 0 Å². The lowest BCUT2D eigenvalue weighted by molar-refractivity contribution is -0.137. The van der Waals surface area contributed by atoms with E-state index in [1.807, 2.05) is 24.3 Å². The molecule has 1 amide bonds. The number of para-hydroxylation sites is 2. The number of nitrogens with zero attached hydrogens (tertiary/aromatic N) is 3. The predicted molar refractivity (Wildman–Crippen MR) is 143 cm³/mol. The van der Waals surface area contributed by atoms with Crippen LogP contribution in [0.4, 0.5) is 24.5 Å². The molecule has 3 heterocycles. The van der Waals surface area contributed by atoms with Crippen molar-refractivity contribution >= 4 is 39.2 Å². The quantitative estimate of drug-likeness (QED) is 0.293. The number of hydrogen-bond donors (Lipinski definition) is 2. The van der Waals surface area contributed by atoms with E-state index >= 15 is 0 Å². The molecule has 10 heteroatoms. The summed E-state index contributed by atoms with van der Waals surface area (Å²) in [5.74, 6) is -0.0830. The van der Waals surface area contributed by atoms with E-state index in [1.165, 1.54) is 12.3 Å². The maximum Gasteiger partial charge on any atom is 0.416 e. The van der Waals surface area contributed by atoms with Crippen LogP contribution in [0, 0.1) is 0 Å². The number of fused-ring (bicyclic) bond motifs is 2. The standard InChI is InChI=1S/C29H24F3N5O2/c30-29(31,32)19-7-10-22-23(11-14-33-25(22)17-19)34-20-8-5-18(6-9-20)27(38)36-15-12-21(13-16-36)37-26-4-2-1-3-24(26)35-28(37)39/h1-11,14,17,21H,12-13,15-16H2,(H,33,34)(H,35,39). The largest absolute Gasteiger partial charge is 0.416 e. The van der Waals surface area contributed by atoms with Crippen molar-refractivity contribution < 1.29 is 18.0 Å². The van der Waals surface area contributed by atoms with Crippen LogP contribution in [0.1, 0.15) is 34.8 Å². The Labute approximate surface area is 220 Å². The molecule has 0 atom stereocenters. The molecule has 1 fully saturated rings. The third-order valence-electron chi connectivity index (χ3n) is 7.22. The summed E-state index contributed by atoms with van der Waals surface area (Å²) in [4.78, 5) is 34.5. The third-order valence-corrected chi connectivity index (χ3v) is 7.22. The molecule has 5 aromatic rings. The summed E-state index contributed by atoms with van der Waals surface area (Å²) in [6, 6.07) is 19.8. The number of alkyl halides is 3. The Morgan fingerprint density at radius 2 is 1.72 bits per heavy atom. The number of nitrogens with one attached hydrogen (secondary N) is 2. The zero-order valence-electron chi connectivity index (χ0n) is 20.7. The number of carbonyl (C=O) groups excluding carboxylic acids is 1. The summed E-state index contributed by atoms with van der Waals surface area (Å²) in [6.45, 7) is 1.08. The van der Waals surface area contributed by atoms with Crippen LogP contribution in [-0.4, -0.2) is 38.4 Å². The van der Waals surface area contributed by atoms with Gasteiger partial charge in [0.1, 0.15) is 0 Å². The number of aromatic amines is 1. The molecule has 0 saturated carbocycles. The monoisotopic (exact) mass is 531 g/mol. The average Bonchev–Trinajstić information content (AvgIpc) is 3.28. The normalized spacial score (nSPS) is 14.7. The molecule has 1 aliphatic rings. The Morgan fingerprint density at radius 1 is 0.974 bits per heavy atom. The molecule has 3 aromatic carbocycles. The van der Waals surface area contributed by atoms with Gasteiger partial charge < -0.3 is 15.2 Å². The lowest BCUT2D eigenvalue weighted by Crippen LogP contribution is -2.40. The number of benzene rings is 3. The van der Waals surface area contributed by atoms with Crippen LogP contribution >= 0.6 is 0 Å². The summed E-state index contributed by atoms with van der Waals surface area (Å²) >= 11 is 0. The Balaban J connectivity index is 1.13. The van der Waals surface area contributed by atoms with Gasteiger partial charge in [0.15, 0.2) is 0 Å². The van der Waals surface area contributed by atoms with Gasteiger partial charge in [0.2, 0.25) is 0 Å². The topological polar surface area (TPSA) is 83.0 Å². The van der Waals surface area contributed by atoms with Crippen molar-refractivity contribution in [3.05, 3.63) is 101 Å². The zero-order valence-corrected chi connectivity index (χ0v) is 20.7. The molecule has 0 bridgehead atoms. The number of piperidine rings is 1. The molecule has 2 N–H and O–H groups in total. The fourth-order valence-corrected chi connectivity index (χ4v) is 5.23. The summed E-state index contributed by atoms with van der Waals surface area (Å²) in [5, 5.41) is 3.77. The number of carbonyl (C=O) groups is 1. The van der Waals surface area contributed by atoms with Crippen molar-refractivity contribution in [3.63, 3.8) is 0 Å². The van der Waals surface area contributed by atoms with Crippen LogP contribution in [-0.2, 0) is 6.18 Å². The molecule has 1 aliphatic heterocycles. The van der Waals surface area contributed by atoms with Gasteiger partial charge in [-0.25, -0.2) is 4.79 Å². The highest BCUT2D eigenvalue weighted by molar-refractivity contribution is 5.96. The fourth-order valence-electron chi connectivity index (χ4n) is 5.23. The van der Waals surface area contributed by atoms with Crippen molar-refractivity contribution in [3.8, 4) is 0 Å². The van der Waals surface area contributed by atoms with E-state index in [4.69, 9.17) is 0 Å². The maximum absolute atomic E-state index is 13.2. The van der Waals surface area contributed by atoms with Crippen LogP contribution in [0.25, 0.3) is 21.9 Å². The van der Waals surface area contributed by atoms with Crippen molar-refractivity contribution in [2.45, 2.75) is 25.1 Å². The van der Waals surface area contributed by atoms with E-state index in [1.54, 1.807) is 39.8 Å². The van der Waals surface area contributed by atoms with Gasteiger partial charge in [0.05, 0.1) is 22.1 Å². The number of aromatic nitrogens is 3. The van der Waals surface area contributed by atoms with E-state index < -0.39 is 11.7 Å². The lowest BCUT2D eigenvalue weighted by Gasteiger charge is -2.32. The number of pyridine rings is 1. The van der Waals surface area contributed by atoms with E-state index in [0.717, 1.165) is 23.2 Å². The van der Waals surface area contributed by atoms with Gasteiger partial charge in [0.25, 0.3) is 5.91 Å². The second kappa shape index (κ2) is 9.61. The molecular weight excluding hydrogens is 507 g/mol. The number of likely N-dealkylation sites (tertiary alicyclic amines) is 1. The molecule has 7 nitrogen and oxygen atoms in total. The number of anilines is 2. The first-order chi connectivity index (χ1) is 18.8. The smallest absolute Gasteiger partial charge is 0.355 e. The molecule has 198 valence electrons. The van der Waals surface area contributed by atoms with Gasteiger partial charge in [-0.05, 0) is 67.4 Å². The molecule has 0 radical (unpaired) electrons. The first kappa shape index (κ1) is 24.7. The van der Waals surface area contributed by atoms with Crippen molar-refractivity contribution in [1.82, 2.24) is 19.4 Å². The second-order valence-electron chi connectivity index (χ2n) is 9.63. The number of amides is 1. The maximum atomic E-state index is 13.2. The van der Waals surface area contributed by atoms with Crippen LogP contribution in [0.2, 0.25) is 0 Å². The fraction of sp³-hybridized carbons (Fsp3) is 0.207. The van der Waals surface area contributed by atoms with E-state index in [-0.39, 0.29) is 23.2 Å². The minimum absolute atomic E-state index is 0.0201. The molecule has 6 rings (SSSR count). The summed E-state index contributed by atoms with van der Waals surface area (Å²) in [7, 11) is 0. The zero-order chi connectivity index (χ0) is 27.1. The first-order valence-corrected chi connectivity index (χ1v) is 12.6. The Bertz CT molecular complexity index is 1730. The SMILES string of the molecule is O=C(c1ccc(Nc2ccnc3cc(C(F)(F)F)ccc23)cc1)N1CCC(n2c(=O)[nH]c3ccccc32)CC1. The van der Waals surface area contributed by atoms with Gasteiger partial charge in [-0.2, -0.15) is 13.2 Å². The van der Waals surface area contributed by atoms with Gasteiger partial charge in [-0.1, -0.05) is 18.2 Å². The van der Waals surface area contributed by atoms with Crippen molar-refractivity contribution in [1.29, 1.82) is 0 Å². The minimum atomic E-state index is -4.44. The summed E-state index contributed by atoms with van der Waals surface area (Å²) < 4.78 is 41.0. The molecular formula is C29H24F3N5O2. The van der Waals surface area contributed by atoms with Gasteiger partial charge in [-0.15, -0.1) is 0 Å². The van der Waals surface area contributed by atoms with Crippen LogP contribution in [0.5, 0.6) is 0 Å². The Kier molecular flexibility index (Phi) is 6.09. The number of H-pyrrole nitrogens is 1. The third kappa shape index (κ3) is 4.73. The molecule has 0 unspecified atom stereocenters. The summed E-state index contributed by atoms with van der Waals surface area (Å²) in [5.41, 5.74) is 2.88. The Morgan fingerprint density at radius 3 is 2.46 bits per heavy atom. The highest BCUT2D eigenvalue weighted by atomic mass is 19.4. The molecule has 0 spiro atoms. The average molecular weight is 532 g/mol. The predicted octanol–water partition coefficient (Wildman–Crippen LogP) is 6.12. The summed E-state index contributed by atoms with van der Waals surface area (Å²) in [6.07, 6.45) is -1.63. The highest BCUT2D eigenvalue weighted by Crippen LogP contribution is 2.33. The van der Waals surface area contributed by atoms with Gasteiger partial charge in [-0.3, -0.25) is 14.3 Å². The van der Waals surface area contributed by atoms with Crippen LogP contribution < -0.4 is 11.0 Å². The number of halogens is 3. The van der Waals surface area contributed by atoms with Crippen molar-refractivity contribution in [2.75, 3.05) is 18.4 Å². The minimum Gasteiger partial charge on any atom is -0.355 e. The number of imidazole rings is 1. The highest BCUT2D eigenvalue weighted by Gasteiger charge is 2.31. The van der Waals surface area contributed by atoms with Gasteiger partial charge in [0, 0.05) is 47.7 Å². The lowest BCUT2D eigenvalue weighted by atomic mass is 10.0. The molecule has 0 aliphatic carbocycles. The molecule has 1 saturated heterocycles. The number of hydrogen-bond acceptors (Lipinski definition) is 4. The van der Waals surface area contributed by atoms with Gasteiger partial charge >= 0.3 is 11.9 Å². The van der Waals surface area contributed by atoms with E-state index in [0.29, 0.717) is 48.3 Å². The second-order valence-corrected chi connectivity index (χ2v) is 9.63. The van der Waals surface area contributed by atoms with Crippen LogP contribution in [0.15, 0.2) is 83.8 Å². The Hall–Kier alpha value is -4.60. The van der Waals surface area contributed by atoms with Crippen LogP contribution in [0.3, 0.4) is 0 Å². The molecule has 2 aromatic heterocycles. The first-order valence-electron chi connectivity index (χ1n) is 12.6. The van der Waals surface area contributed by atoms with E-state index in [2.05, 4.69) is 15.3 Å². The van der Waals surface area contributed by atoms with E-state index in [9.17, 15) is 22.8 Å².